The number of aryl methyl sites for hydroxylation is 1. The van der Waals surface area contributed by atoms with E-state index in [0.717, 1.165) is 5.56 Å². The van der Waals surface area contributed by atoms with Gasteiger partial charge in [-0.25, -0.2) is 4.98 Å². The molecule has 0 fully saturated rings. The standard InChI is InChI=1S/C14H15N3O3/c1-10-6-13(17(18)19)14(16-8-10)20-12-5-3-4-11(7-12)9-15-2/h3-8,15H,9H2,1-2H3. The fraction of sp³-hybridized carbons (Fsp3) is 0.214. The zero-order valence-corrected chi connectivity index (χ0v) is 11.3. The Morgan fingerprint density at radius 2 is 2.20 bits per heavy atom. The molecule has 1 aromatic heterocycles. The zero-order chi connectivity index (χ0) is 14.5. The average Bonchev–Trinajstić information content (AvgIpc) is 2.41. The number of aromatic nitrogens is 1. The van der Waals surface area contributed by atoms with Gasteiger partial charge in [0.05, 0.1) is 4.92 Å². The Hall–Kier alpha value is -2.47. The van der Waals surface area contributed by atoms with Crippen LogP contribution in [0.1, 0.15) is 11.1 Å². The molecule has 0 bridgehead atoms. The van der Waals surface area contributed by atoms with Gasteiger partial charge in [0.2, 0.25) is 0 Å². The van der Waals surface area contributed by atoms with E-state index in [1.165, 1.54) is 6.07 Å². The van der Waals surface area contributed by atoms with Gasteiger partial charge in [-0.1, -0.05) is 12.1 Å². The van der Waals surface area contributed by atoms with Gasteiger partial charge in [-0.3, -0.25) is 10.1 Å². The molecule has 0 spiro atoms. The van der Waals surface area contributed by atoms with Gasteiger partial charge in [-0.05, 0) is 37.2 Å². The van der Waals surface area contributed by atoms with Gasteiger partial charge < -0.3 is 10.1 Å². The van der Waals surface area contributed by atoms with E-state index < -0.39 is 4.92 Å². The van der Waals surface area contributed by atoms with Crippen molar-refractivity contribution in [3.05, 3.63) is 57.8 Å². The Labute approximate surface area is 116 Å². The summed E-state index contributed by atoms with van der Waals surface area (Å²) in [6, 6.07) is 8.79. The van der Waals surface area contributed by atoms with Gasteiger partial charge in [0, 0.05) is 18.8 Å². The molecular weight excluding hydrogens is 258 g/mol. The molecule has 0 atom stereocenters. The van der Waals surface area contributed by atoms with Crippen LogP contribution < -0.4 is 10.1 Å². The highest BCUT2D eigenvalue weighted by Crippen LogP contribution is 2.29. The molecule has 2 rings (SSSR count). The van der Waals surface area contributed by atoms with Gasteiger partial charge in [-0.2, -0.15) is 0 Å². The van der Waals surface area contributed by atoms with Crippen LogP contribution in [0.15, 0.2) is 36.5 Å². The van der Waals surface area contributed by atoms with Crippen LogP contribution in [0.2, 0.25) is 0 Å². The highest BCUT2D eigenvalue weighted by molar-refractivity contribution is 5.45. The SMILES string of the molecule is CNCc1cccc(Oc2ncc(C)cc2[N+](=O)[O-])c1. The van der Waals surface area contributed by atoms with E-state index in [1.54, 1.807) is 19.2 Å². The molecule has 6 nitrogen and oxygen atoms in total. The second kappa shape index (κ2) is 6.12. The lowest BCUT2D eigenvalue weighted by Gasteiger charge is -2.07. The lowest BCUT2D eigenvalue weighted by molar-refractivity contribution is -0.386. The van der Waals surface area contributed by atoms with E-state index in [9.17, 15) is 10.1 Å². The number of nitro groups is 1. The van der Waals surface area contributed by atoms with Crippen molar-refractivity contribution in [3.8, 4) is 11.6 Å². The van der Waals surface area contributed by atoms with Crippen molar-refractivity contribution in [3.63, 3.8) is 0 Å². The molecule has 0 radical (unpaired) electrons. The lowest BCUT2D eigenvalue weighted by atomic mass is 10.2. The number of hydrogen-bond acceptors (Lipinski definition) is 5. The molecule has 20 heavy (non-hydrogen) atoms. The van der Waals surface area contributed by atoms with Gasteiger partial charge in [0.15, 0.2) is 0 Å². The molecule has 104 valence electrons. The summed E-state index contributed by atoms with van der Waals surface area (Å²) in [7, 11) is 1.85. The highest BCUT2D eigenvalue weighted by Gasteiger charge is 2.17. The quantitative estimate of drug-likeness (QED) is 0.669. The maximum Gasteiger partial charge on any atom is 0.331 e. The fourth-order valence-electron chi connectivity index (χ4n) is 1.79. The van der Waals surface area contributed by atoms with Crippen molar-refractivity contribution in [2.45, 2.75) is 13.5 Å². The van der Waals surface area contributed by atoms with Crippen molar-refractivity contribution in [2.75, 3.05) is 7.05 Å². The average molecular weight is 273 g/mol. The van der Waals surface area contributed by atoms with E-state index >= 15 is 0 Å². The summed E-state index contributed by atoms with van der Waals surface area (Å²) < 4.78 is 5.53. The van der Waals surface area contributed by atoms with E-state index in [-0.39, 0.29) is 11.6 Å². The number of pyridine rings is 1. The number of ether oxygens (including phenoxy) is 1. The van der Waals surface area contributed by atoms with Crippen LogP contribution >= 0.6 is 0 Å². The largest absolute Gasteiger partial charge is 0.434 e. The topological polar surface area (TPSA) is 77.3 Å². The molecule has 6 heteroatoms. The molecule has 0 amide bonds. The molecule has 0 saturated carbocycles. The smallest absolute Gasteiger partial charge is 0.331 e. The lowest BCUT2D eigenvalue weighted by Crippen LogP contribution is -2.04. The van der Waals surface area contributed by atoms with Crippen LogP contribution in [0.3, 0.4) is 0 Å². The summed E-state index contributed by atoms with van der Waals surface area (Å²) in [4.78, 5) is 14.5. The van der Waals surface area contributed by atoms with E-state index in [1.807, 2.05) is 25.2 Å². The minimum Gasteiger partial charge on any atom is -0.434 e. The van der Waals surface area contributed by atoms with Crippen LogP contribution in [0.4, 0.5) is 5.69 Å². The third kappa shape index (κ3) is 3.30. The Balaban J connectivity index is 2.30. The molecule has 0 aliphatic heterocycles. The van der Waals surface area contributed by atoms with Crippen molar-refractivity contribution in [1.82, 2.24) is 10.3 Å². The molecular formula is C14H15N3O3. The first-order valence-electron chi connectivity index (χ1n) is 6.12. The van der Waals surface area contributed by atoms with Gasteiger partial charge in [0.25, 0.3) is 5.88 Å². The van der Waals surface area contributed by atoms with Crippen LogP contribution in [0.25, 0.3) is 0 Å². The van der Waals surface area contributed by atoms with Gasteiger partial charge in [0.1, 0.15) is 5.75 Å². The minimum atomic E-state index is -0.493. The summed E-state index contributed by atoms with van der Waals surface area (Å²) in [5.41, 5.74) is 1.61. The van der Waals surface area contributed by atoms with Gasteiger partial charge >= 0.3 is 5.69 Å². The predicted octanol–water partition coefficient (Wildman–Crippen LogP) is 2.81. The Morgan fingerprint density at radius 3 is 2.90 bits per heavy atom. The molecule has 0 aliphatic carbocycles. The number of hydrogen-bond donors (Lipinski definition) is 1. The summed E-state index contributed by atoms with van der Waals surface area (Å²) in [6.45, 7) is 2.44. The molecule has 1 N–H and O–H groups in total. The number of rotatable bonds is 5. The third-order valence-electron chi connectivity index (χ3n) is 2.66. The summed E-state index contributed by atoms with van der Waals surface area (Å²) >= 11 is 0. The number of nitrogens with one attached hydrogen (secondary N) is 1. The number of benzene rings is 1. The maximum atomic E-state index is 11.0. The zero-order valence-electron chi connectivity index (χ0n) is 11.3. The highest BCUT2D eigenvalue weighted by atomic mass is 16.6. The molecule has 1 aromatic carbocycles. The fourth-order valence-corrected chi connectivity index (χ4v) is 1.79. The second-order valence-electron chi connectivity index (χ2n) is 4.37. The van der Waals surface area contributed by atoms with Crippen molar-refractivity contribution in [2.24, 2.45) is 0 Å². The molecule has 0 saturated heterocycles. The van der Waals surface area contributed by atoms with E-state index in [2.05, 4.69) is 10.3 Å². The first-order valence-corrected chi connectivity index (χ1v) is 6.12. The summed E-state index contributed by atoms with van der Waals surface area (Å²) in [5.74, 6) is 0.527. The maximum absolute atomic E-state index is 11.0. The van der Waals surface area contributed by atoms with Crippen LogP contribution in [0, 0.1) is 17.0 Å². The second-order valence-corrected chi connectivity index (χ2v) is 4.37. The Kier molecular flexibility index (Phi) is 4.27. The molecule has 1 heterocycles. The monoisotopic (exact) mass is 273 g/mol. The van der Waals surface area contributed by atoms with Crippen LogP contribution in [-0.2, 0) is 6.54 Å². The number of nitrogens with zero attached hydrogens (tertiary/aromatic N) is 2. The Bertz CT molecular complexity index is 629. The Morgan fingerprint density at radius 1 is 1.40 bits per heavy atom. The molecule has 2 aromatic rings. The normalized spacial score (nSPS) is 10.3. The molecule has 0 aliphatic rings. The van der Waals surface area contributed by atoms with Crippen LogP contribution in [-0.4, -0.2) is 17.0 Å². The minimum absolute atomic E-state index is 0.00204. The third-order valence-corrected chi connectivity index (χ3v) is 2.66. The first-order chi connectivity index (χ1) is 9.60. The summed E-state index contributed by atoms with van der Waals surface area (Å²) in [6.07, 6.45) is 1.54. The van der Waals surface area contributed by atoms with E-state index in [0.29, 0.717) is 17.9 Å². The molecule has 0 unspecified atom stereocenters. The predicted molar refractivity (Wildman–Crippen MR) is 74.9 cm³/mol. The summed E-state index contributed by atoms with van der Waals surface area (Å²) in [5, 5.41) is 14.0. The van der Waals surface area contributed by atoms with Crippen LogP contribution in [0.5, 0.6) is 11.6 Å². The van der Waals surface area contributed by atoms with Crippen molar-refractivity contribution >= 4 is 5.69 Å². The van der Waals surface area contributed by atoms with Gasteiger partial charge in [-0.15, -0.1) is 0 Å². The van der Waals surface area contributed by atoms with Crippen molar-refractivity contribution < 1.29 is 9.66 Å². The van der Waals surface area contributed by atoms with E-state index in [4.69, 9.17) is 4.74 Å². The first kappa shape index (κ1) is 14.0. The van der Waals surface area contributed by atoms with Crippen molar-refractivity contribution in [1.29, 1.82) is 0 Å².